The van der Waals surface area contributed by atoms with E-state index < -0.39 is 0 Å². The molecule has 3 aromatic rings. The number of hydrogen-bond acceptors (Lipinski definition) is 2. The van der Waals surface area contributed by atoms with Gasteiger partial charge in [-0.1, -0.05) is 34.1 Å². The third-order valence-electron chi connectivity index (χ3n) is 3.48. The highest BCUT2D eigenvalue weighted by atomic mass is 79.9. The van der Waals surface area contributed by atoms with Crippen LogP contribution in [0.4, 0.5) is 11.4 Å². The van der Waals surface area contributed by atoms with Crippen LogP contribution in [0.15, 0.2) is 53.1 Å². The maximum Gasteiger partial charge on any atom is 0.0601 e. The summed E-state index contributed by atoms with van der Waals surface area (Å²) in [5.41, 5.74) is 10.3. The number of rotatable bonds is 3. The zero-order chi connectivity index (χ0) is 14.1. The largest absolute Gasteiger partial charge is 0.397 e. The quantitative estimate of drug-likeness (QED) is 0.709. The lowest BCUT2D eigenvalue weighted by Gasteiger charge is -2.21. The van der Waals surface area contributed by atoms with Crippen molar-refractivity contribution in [2.45, 2.75) is 6.54 Å². The predicted molar refractivity (Wildman–Crippen MR) is 89.0 cm³/mol. The molecule has 0 bridgehead atoms. The minimum Gasteiger partial charge on any atom is -0.397 e. The van der Waals surface area contributed by atoms with Crippen LogP contribution in [0.25, 0.3) is 10.9 Å². The Kier molecular flexibility index (Phi) is 3.40. The van der Waals surface area contributed by atoms with E-state index in [1.165, 1.54) is 16.5 Å². The Bertz CT molecular complexity index is 748. The number of nitrogens with two attached hydrogens (primary N) is 1. The van der Waals surface area contributed by atoms with Crippen molar-refractivity contribution in [1.29, 1.82) is 0 Å². The zero-order valence-electron chi connectivity index (χ0n) is 11.2. The topological polar surface area (TPSA) is 45.0 Å². The average Bonchev–Trinajstić information content (AvgIpc) is 2.82. The Morgan fingerprint density at radius 2 is 2.00 bits per heavy atom. The molecule has 1 aromatic heterocycles. The van der Waals surface area contributed by atoms with Crippen molar-refractivity contribution in [3.05, 3.63) is 58.7 Å². The van der Waals surface area contributed by atoms with Gasteiger partial charge in [-0.05, 0) is 29.8 Å². The monoisotopic (exact) mass is 329 g/mol. The molecule has 0 aliphatic heterocycles. The smallest absolute Gasteiger partial charge is 0.0601 e. The molecule has 0 fully saturated rings. The summed E-state index contributed by atoms with van der Waals surface area (Å²) in [4.78, 5) is 5.47. The van der Waals surface area contributed by atoms with Crippen LogP contribution in [0.2, 0.25) is 0 Å². The fourth-order valence-electron chi connectivity index (χ4n) is 2.48. The summed E-state index contributed by atoms with van der Waals surface area (Å²) in [7, 11) is 2.06. The minimum atomic E-state index is 0.779. The highest BCUT2D eigenvalue weighted by Crippen LogP contribution is 2.28. The van der Waals surface area contributed by atoms with E-state index in [1.807, 2.05) is 24.3 Å². The van der Waals surface area contributed by atoms with Gasteiger partial charge in [0.25, 0.3) is 0 Å². The molecule has 0 aliphatic rings. The third-order valence-corrected chi connectivity index (χ3v) is 3.98. The number of H-pyrrole nitrogens is 1. The Hall–Kier alpha value is -1.94. The lowest BCUT2D eigenvalue weighted by molar-refractivity contribution is 0.931. The van der Waals surface area contributed by atoms with Crippen molar-refractivity contribution >= 4 is 38.2 Å². The van der Waals surface area contributed by atoms with Crippen molar-refractivity contribution in [3.8, 4) is 0 Å². The molecule has 0 saturated heterocycles. The van der Waals surface area contributed by atoms with Gasteiger partial charge in [-0.15, -0.1) is 0 Å². The highest BCUT2D eigenvalue weighted by Gasteiger charge is 2.09. The molecule has 1 heterocycles. The molecule has 3 nitrogen and oxygen atoms in total. The van der Waals surface area contributed by atoms with Crippen molar-refractivity contribution in [2.24, 2.45) is 0 Å². The number of hydrogen-bond donors (Lipinski definition) is 2. The van der Waals surface area contributed by atoms with Gasteiger partial charge in [-0.3, -0.25) is 0 Å². The molecule has 3 N–H and O–H groups in total. The first kappa shape index (κ1) is 13.1. The van der Waals surface area contributed by atoms with Crippen LogP contribution in [0.3, 0.4) is 0 Å². The van der Waals surface area contributed by atoms with Crippen molar-refractivity contribution in [3.63, 3.8) is 0 Å². The maximum absolute atomic E-state index is 6.08. The first-order valence-corrected chi connectivity index (χ1v) is 7.25. The molecule has 4 heteroatoms. The predicted octanol–water partition coefficient (Wildman–Crippen LogP) is 4.15. The van der Waals surface area contributed by atoms with Gasteiger partial charge in [-0.25, -0.2) is 0 Å². The number of nitrogen functional groups attached to an aromatic ring is 1. The summed E-state index contributed by atoms with van der Waals surface area (Å²) in [6.45, 7) is 0.815. The van der Waals surface area contributed by atoms with E-state index in [-0.39, 0.29) is 0 Å². The molecule has 0 radical (unpaired) electrons. The fourth-order valence-corrected chi connectivity index (χ4v) is 2.85. The number of anilines is 2. The van der Waals surface area contributed by atoms with Crippen LogP contribution >= 0.6 is 15.9 Å². The van der Waals surface area contributed by atoms with Crippen LogP contribution < -0.4 is 10.6 Å². The normalized spacial score (nSPS) is 10.9. The van der Waals surface area contributed by atoms with E-state index in [0.29, 0.717) is 0 Å². The van der Waals surface area contributed by atoms with E-state index in [1.54, 1.807) is 0 Å². The molecule has 2 aromatic carbocycles. The van der Waals surface area contributed by atoms with Gasteiger partial charge in [0.1, 0.15) is 0 Å². The van der Waals surface area contributed by atoms with Crippen LogP contribution in [-0.2, 0) is 6.54 Å². The zero-order valence-corrected chi connectivity index (χ0v) is 12.8. The number of halogens is 1. The number of aromatic nitrogens is 1. The summed E-state index contributed by atoms with van der Waals surface area (Å²) in [6, 6.07) is 14.3. The second kappa shape index (κ2) is 5.21. The Morgan fingerprint density at radius 1 is 1.20 bits per heavy atom. The van der Waals surface area contributed by atoms with Crippen LogP contribution in [0.5, 0.6) is 0 Å². The molecule has 0 unspecified atom stereocenters. The minimum absolute atomic E-state index is 0.779. The molecule has 0 atom stereocenters. The summed E-state index contributed by atoms with van der Waals surface area (Å²) in [5.74, 6) is 0. The molecule has 0 spiro atoms. The van der Waals surface area contributed by atoms with E-state index in [4.69, 9.17) is 5.73 Å². The number of aromatic amines is 1. The first-order chi connectivity index (χ1) is 9.65. The van der Waals surface area contributed by atoms with Crippen molar-refractivity contribution in [2.75, 3.05) is 17.7 Å². The van der Waals surface area contributed by atoms with E-state index in [9.17, 15) is 0 Å². The third kappa shape index (κ3) is 2.39. The van der Waals surface area contributed by atoms with Gasteiger partial charge >= 0.3 is 0 Å². The molecular formula is C16H16BrN3. The number of para-hydroxylation sites is 1. The molecule has 0 saturated carbocycles. The summed E-state index contributed by atoms with van der Waals surface area (Å²) in [6.07, 6.45) is 2.07. The van der Waals surface area contributed by atoms with Crippen LogP contribution in [0.1, 0.15) is 5.56 Å². The lowest BCUT2D eigenvalue weighted by atomic mass is 10.1. The molecule has 0 aliphatic carbocycles. The van der Waals surface area contributed by atoms with E-state index in [2.05, 4.69) is 57.3 Å². The maximum atomic E-state index is 6.08. The Balaban J connectivity index is 1.90. The lowest BCUT2D eigenvalue weighted by Crippen LogP contribution is -2.17. The summed E-state index contributed by atoms with van der Waals surface area (Å²) < 4.78 is 0.999. The summed E-state index contributed by atoms with van der Waals surface area (Å²) in [5, 5.41) is 1.26. The molecule has 3 rings (SSSR count). The second-order valence-electron chi connectivity index (χ2n) is 4.92. The molecule has 0 amide bonds. The Morgan fingerprint density at radius 3 is 2.80 bits per heavy atom. The highest BCUT2D eigenvalue weighted by molar-refractivity contribution is 9.10. The van der Waals surface area contributed by atoms with Crippen molar-refractivity contribution in [1.82, 2.24) is 4.98 Å². The number of fused-ring (bicyclic) bond motifs is 1. The van der Waals surface area contributed by atoms with Gasteiger partial charge in [-0.2, -0.15) is 0 Å². The number of benzene rings is 2. The van der Waals surface area contributed by atoms with Gasteiger partial charge in [0.2, 0.25) is 0 Å². The van der Waals surface area contributed by atoms with E-state index in [0.717, 1.165) is 22.4 Å². The van der Waals surface area contributed by atoms with Crippen molar-refractivity contribution < 1.29 is 0 Å². The molecular weight excluding hydrogens is 314 g/mol. The SMILES string of the molecule is CN(Cc1c[nH]c2ccccc12)c1ccc(Br)cc1N. The van der Waals surface area contributed by atoms with Crippen LogP contribution in [-0.4, -0.2) is 12.0 Å². The fraction of sp³-hybridized carbons (Fsp3) is 0.125. The average molecular weight is 330 g/mol. The molecule has 102 valence electrons. The second-order valence-corrected chi connectivity index (χ2v) is 5.83. The van der Waals surface area contributed by atoms with Gasteiger partial charge in [0.15, 0.2) is 0 Å². The molecule has 20 heavy (non-hydrogen) atoms. The van der Waals surface area contributed by atoms with Crippen LogP contribution in [0, 0.1) is 0 Å². The number of nitrogens with one attached hydrogen (secondary N) is 1. The number of nitrogens with zero attached hydrogens (tertiary/aromatic N) is 1. The van der Waals surface area contributed by atoms with Gasteiger partial charge < -0.3 is 15.6 Å². The van der Waals surface area contributed by atoms with Gasteiger partial charge in [0, 0.05) is 35.2 Å². The first-order valence-electron chi connectivity index (χ1n) is 6.46. The Labute approximate surface area is 126 Å². The standard InChI is InChI=1S/C16H16BrN3/c1-20(16-7-6-12(17)8-14(16)18)10-11-9-19-15-5-3-2-4-13(11)15/h2-9,19H,10,18H2,1H3. The van der Waals surface area contributed by atoms with Gasteiger partial charge in [0.05, 0.1) is 11.4 Å². The summed E-state index contributed by atoms with van der Waals surface area (Å²) >= 11 is 3.44. The van der Waals surface area contributed by atoms with E-state index >= 15 is 0 Å².